The zero-order valence-corrected chi connectivity index (χ0v) is 17.1. The van der Waals surface area contributed by atoms with Crippen molar-refractivity contribution in [3.05, 3.63) is 64.5 Å². The van der Waals surface area contributed by atoms with Crippen molar-refractivity contribution in [3.8, 4) is 0 Å². The van der Waals surface area contributed by atoms with E-state index in [2.05, 4.69) is 62.1 Å². The molecule has 0 fully saturated rings. The van der Waals surface area contributed by atoms with Gasteiger partial charge in [0.2, 0.25) is 5.65 Å². The van der Waals surface area contributed by atoms with Gasteiger partial charge in [-0.2, -0.15) is 15.4 Å². The molecule has 1 unspecified atom stereocenters. The number of rotatable bonds is 6. The van der Waals surface area contributed by atoms with Gasteiger partial charge >= 0.3 is 0 Å². The maximum atomic E-state index is 6.04. The maximum Gasteiger partial charge on any atom is 0.203 e. The van der Waals surface area contributed by atoms with E-state index < -0.39 is 0 Å². The van der Waals surface area contributed by atoms with Gasteiger partial charge in [-0.15, -0.1) is 5.10 Å². The van der Waals surface area contributed by atoms with Gasteiger partial charge in [-0.1, -0.05) is 31.5 Å². The van der Waals surface area contributed by atoms with Crippen molar-refractivity contribution in [3.63, 3.8) is 0 Å². The molecule has 0 bridgehead atoms. The van der Waals surface area contributed by atoms with Crippen LogP contribution in [-0.4, -0.2) is 36.7 Å². The van der Waals surface area contributed by atoms with E-state index >= 15 is 0 Å². The summed E-state index contributed by atoms with van der Waals surface area (Å²) in [6, 6.07) is 8.69. The molecule has 5 rings (SSSR count). The highest BCUT2D eigenvalue weighted by Gasteiger charge is 2.21. The lowest BCUT2D eigenvalue weighted by molar-refractivity contribution is 0.638. The van der Waals surface area contributed by atoms with E-state index in [0.717, 1.165) is 55.5 Å². The molecule has 8 heteroatoms. The topological polar surface area (TPSA) is 110 Å². The van der Waals surface area contributed by atoms with Crippen LogP contribution in [-0.2, 0) is 19.5 Å². The van der Waals surface area contributed by atoms with Crippen LogP contribution in [0.5, 0.6) is 0 Å². The summed E-state index contributed by atoms with van der Waals surface area (Å²) in [5, 5.41) is 19.2. The molecule has 0 saturated carbocycles. The van der Waals surface area contributed by atoms with Crippen LogP contribution < -0.4 is 11.1 Å². The number of aromatic nitrogens is 6. The summed E-state index contributed by atoms with van der Waals surface area (Å²) in [5.74, 6) is 0.611. The number of nitrogens with zero attached hydrogens (tertiary/aromatic N) is 5. The van der Waals surface area contributed by atoms with Gasteiger partial charge in [-0.05, 0) is 53.3 Å². The molecule has 8 nitrogen and oxygen atoms in total. The SMILES string of the molecule is CCCC(c1cnn(Cc2ccc3c(c2)CCNC3)c1)c1cc(N)nc2n[nH]nc12. The van der Waals surface area contributed by atoms with Crippen molar-refractivity contribution >= 4 is 17.0 Å². The van der Waals surface area contributed by atoms with Crippen molar-refractivity contribution in [1.82, 2.24) is 35.5 Å². The number of H-pyrrole nitrogens is 1. The lowest BCUT2D eigenvalue weighted by Gasteiger charge is -2.18. The largest absolute Gasteiger partial charge is 0.384 e. The van der Waals surface area contributed by atoms with Gasteiger partial charge in [-0.3, -0.25) is 4.68 Å². The van der Waals surface area contributed by atoms with Gasteiger partial charge < -0.3 is 11.1 Å². The molecule has 4 heterocycles. The Hall–Kier alpha value is -3.26. The molecular formula is C22H26N8. The van der Waals surface area contributed by atoms with Crippen LogP contribution in [0.1, 0.15) is 53.5 Å². The van der Waals surface area contributed by atoms with E-state index in [1.54, 1.807) is 0 Å². The number of nitrogen functional groups attached to an aromatic ring is 1. The fraction of sp³-hybridized carbons (Fsp3) is 0.364. The molecule has 1 atom stereocenters. The van der Waals surface area contributed by atoms with E-state index in [1.807, 2.05) is 16.9 Å². The van der Waals surface area contributed by atoms with Crippen LogP contribution in [0.4, 0.5) is 5.82 Å². The summed E-state index contributed by atoms with van der Waals surface area (Å²) < 4.78 is 2.02. The van der Waals surface area contributed by atoms with E-state index in [1.165, 1.54) is 16.7 Å². The number of benzene rings is 1. The third kappa shape index (κ3) is 3.54. The second-order valence-electron chi connectivity index (χ2n) is 7.97. The van der Waals surface area contributed by atoms with Crippen LogP contribution in [0.2, 0.25) is 0 Å². The van der Waals surface area contributed by atoms with Gasteiger partial charge in [0.1, 0.15) is 11.3 Å². The highest BCUT2D eigenvalue weighted by atomic mass is 15.3. The van der Waals surface area contributed by atoms with Gasteiger partial charge in [0.15, 0.2) is 0 Å². The number of aromatic amines is 1. The minimum absolute atomic E-state index is 0.149. The fourth-order valence-electron chi connectivity index (χ4n) is 4.40. The number of hydrogen-bond acceptors (Lipinski definition) is 6. The monoisotopic (exact) mass is 402 g/mol. The second kappa shape index (κ2) is 7.87. The minimum Gasteiger partial charge on any atom is -0.384 e. The molecule has 0 radical (unpaired) electrons. The molecule has 30 heavy (non-hydrogen) atoms. The maximum absolute atomic E-state index is 6.04. The zero-order chi connectivity index (χ0) is 20.5. The molecule has 154 valence electrons. The van der Waals surface area contributed by atoms with Crippen molar-refractivity contribution in [1.29, 1.82) is 0 Å². The summed E-state index contributed by atoms with van der Waals surface area (Å²) >= 11 is 0. The Labute approximate surface area is 174 Å². The number of nitrogens with two attached hydrogens (primary N) is 1. The Morgan fingerprint density at radius 3 is 3.03 bits per heavy atom. The van der Waals surface area contributed by atoms with Gasteiger partial charge in [-0.25, -0.2) is 4.98 Å². The third-order valence-electron chi connectivity index (χ3n) is 5.85. The molecule has 0 saturated heterocycles. The first-order valence-electron chi connectivity index (χ1n) is 10.5. The lowest BCUT2D eigenvalue weighted by atomic mass is 9.89. The predicted molar refractivity (Wildman–Crippen MR) is 116 cm³/mol. The second-order valence-corrected chi connectivity index (χ2v) is 7.97. The van der Waals surface area contributed by atoms with Crippen molar-refractivity contribution in [2.75, 3.05) is 12.3 Å². The Bertz CT molecular complexity index is 1180. The van der Waals surface area contributed by atoms with Crippen LogP contribution >= 0.6 is 0 Å². The van der Waals surface area contributed by atoms with Gasteiger partial charge in [0, 0.05) is 18.7 Å². The Morgan fingerprint density at radius 1 is 1.20 bits per heavy atom. The van der Waals surface area contributed by atoms with E-state index in [-0.39, 0.29) is 5.92 Å². The summed E-state index contributed by atoms with van der Waals surface area (Å²) in [4.78, 5) is 4.28. The summed E-state index contributed by atoms with van der Waals surface area (Å²) in [6.07, 6.45) is 7.21. The molecule has 0 amide bonds. The molecule has 0 aliphatic carbocycles. The Kier molecular flexibility index (Phi) is 4.92. The highest BCUT2D eigenvalue weighted by Crippen LogP contribution is 2.33. The van der Waals surface area contributed by atoms with Gasteiger partial charge in [0.25, 0.3) is 0 Å². The van der Waals surface area contributed by atoms with E-state index in [4.69, 9.17) is 5.73 Å². The van der Waals surface area contributed by atoms with Crippen LogP contribution in [0, 0.1) is 0 Å². The minimum atomic E-state index is 0.149. The first-order chi connectivity index (χ1) is 14.7. The van der Waals surface area contributed by atoms with Crippen molar-refractivity contribution in [2.24, 2.45) is 0 Å². The smallest absolute Gasteiger partial charge is 0.203 e. The fourth-order valence-corrected chi connectivity index (χ4v) is 4.40. The first-order valence-corrected chi connectivity index (χ1v) is 10.5. The quantitative estimate of drug-likeness (QED) is 0.457. The summed E-state index contributed by atoms with van der Waals surface area (Å²) in [6.45, 7) is 4.96. The first kappa shape index (κ1) is 18.7. The normalized spacial score (nSPS) is 14.7. The van der Waals surface area contributed by atoms with Crippen molar-refractivity contribution < 1.29 is 0 Å². The molecule has 1 aliphatic rings. The molecule has 4 N–H and O–H groups in total. The number of fused-ring (bicyclic) bond motifs is 2. The van der Waals surface area contributed by atoms with E-state index in [0.29, 0.717) is 11.5 Å². The number of pyridine rings is 1. The highest BCUT2D eigenvalue weighted by molar-refractivity contribution is 5.77. The van der Waals surface area contributed by atoms with Crippen LogP contribution in [0.25, 0.3) is 11.2 Å². The number of nitrogens with one attached hydrogen (secondary N) is 2. The van der Waals surface area contributed by atoms with Crippen LogP contribution in [0.15, 0.2) is 36.7 Å². The van der Waals surface area contributed by atoms with E-state index in [9.17, 15) is 0 Å². The zero-order valence-electron chi connectivity index (χ0n) is 17.1. The molecule has 4 aromatic rings. The Morgan fingerprint density at radius 2 is 2.13 bits per heavy atom. The molecule has 0 spiro atoms. The van der Waals surface area contributed by atoms with Gasteiger partial charge in [0.05, 0.1) is 12.7 Å². The average Bonchev–Trinajstić information content (AvgIpc) is 3.41. The van der Waals surface area contributed by atoms with Crippen molar-refractivity contribution in [2.45, 2.75) is 45.2 Å². The number of anilines is 1. The summed E-state index contributed by atoms with van der Waals surface area (Å²) in [5.41, 5.74) is 13.7. The molecule has 1 aliphatic heterocycles. The molecule has 1 aromatic carbocycles. The summed E-state index contributed by atoms with van der Waals surface area (Å²) in [7, 11) is 0. The number of hydrogen-bond donors (Lipinski definition) is 3. The molecule has 3 aromatic heterocycles. The molecular weight excluding hydrogens is 376 g/mol. The standard InChI is InChI=1S/C22H26N8/c1-2-3-18(19-9-20(23)26-22-21(19)27-29-28-22)17-11-25-30(13-17)12-14-4-5-16-10-24-7-6-15(16)8-14/h4-5,8-9,11,13,18,24H,2-3,6-7,10,12H2,1H3,(H3,23,26,27,28,29). The Balaban J connectivity index is 1.44. The van der Waals surface area contributed by atoms with Crippen LogP contribution in [0.3, 0.4) is 0 Å². The third-order valence-corrected chi connectivity index (χ3v) is 5.85. The average molecular weight is 403 g/mol. The lowest BCUT2D eigenvalue weighted by Crippen LogP contribution is -2.23. The predicted octanol–water partition coefficient (Wildman–Crippen LogP) is 2.76.